The zero-order chi connectivity index (χ0) is 9.80. The molecule has 0 spiro atoms. The van der Waals surface area contributed by atoms with Crippen LogP contribution in [-0.2, 0) is 0 Å². The Balaban J connectivity index is 1.82. The lowest BCUT2D eigenvalue weighted by Crippen LogP contribution is -2.14. The van der Waals surface area contributed by atoms with Crippen molar-refractivity contribution in [2.45, 2.75) is 6.42 Å². The average molecular weight is 274 g/mol. The number of thioether (sulfide) groups is 1. The molecule has 5 heteroatoms. The van der Waals surface area contributed by atoms with Gasteiger partial charge in [0.2, 0.25) is 0 Å². The number of hydrogen-bond acceptors (Lipinski definition) is 4. The molecule has 1 atom stereocenters. The molecule has 1 aliphatic rings. The summed E-state index contributed by atoms with van der Waals surface area (Å²) in [5.41, 5.74) is 0. The minimum atomic E-state index is 0.777. The van der Waals surface area contributed by atoms with Gasteiger partial charge < -0.3 is 5.32 Å². The Hall–Kier alpha value is -0.290. The third-order valence-corrected chi connectivity index (χ3v) is 3.86. The predicted octanol–water partition coefficient (Wildman–Crippen LogP) is 2.40. The normalized spacial score (nSPS) is 21.1. The van der Waals surface area contributed by atoms with Crippen LogP contribution in [0.4, 0.5) is 5.82 Å². The van der Waals surface area contributed by atoms with Gasteiger partial charge in [-0.3, -0.25) is 0 Å². The lowest BCUT2D eigenvalue weighted by atomic mass is 10.1. The zero-order valence-corrected chi connectivity index (χ0v) is 10.1. The third kappa shape index (κ3) is 2.85. The Kier molecular flexibility index (Phi) is 3.64. The van der Waals surface area contributed by atoms with E-state index in [9.17, 15) is 0 Å². The molecule has 0 aliphatic carbocycles. The van der Waals surface area contributed by atoms with Crippen molar-refractivity contribution in [3.63, 3.8) is 0 Å². The Morgan fingerprint density at radius 3 is 3.07 bits per heavy atom. The van der Waals surface area contributed by atoms with Gasteiger partial charge in [-0.2, -0.15) is 11.8 Å². The first-order valence-corrected chi connectivity index (χ1v) is 6.58. The standard InChI is InChI=1S/C9H12BrN3S/c10-8-4-13-9(5-11-8)12-3-7-1-2-14-6-7/h4-5,7H,1-3,6H2,(H,12,13). The number of aromatic nitrogens is 2. The highest BCUT2D eigenvalue weighted by atomic mass is 79.9. The fraction of sp³-hybridized carbons (Fsp3) is 0.556. The Morgan fingerprint density at radius 1 is 1.50 bits per heavy atom. The van der Waals surface area contributed by atoms with Crippen LogP contribution in [0.1, 0.15) is 6.42 Å². The van der Waals surface area contributed by atoms with Gasteiger partial charge in [-0.1, -0.05) is 0 Å². The minimum absolute atomic E-state index is 0.777. The maximum Gasteiger partial charge on any atom is 0.144 e. The summed E-state index contributed by atoms with van der Waals surface area (Å²) >= 11 is 5.29. The second kappa shape index (κ2) is 4.98. The molecule has 2 heterocycles. The van der Waals surface area contributed by atoms with Crippen LogP contribution >= 0.6 is 27.7 Å². The van der Waals surface area contributed by atoms with Gasteiger partial charge in [0, 0.05) is 6.54 Å². The fourth-order valence-electron chi connectivity index (χ4n) is 1.40. The van der Waals surface area contributed by atoms with Crippen molar-refractivity contribution in [3.05, 3.63) is 17.0 Å². The lowest BCUT2D eigenvalue weighted by molar-refractivity contribution is 0.630. The first-order valence-electron chi connectivity index (χ1n) is 4.64. The first kappa shape index (κ1) is 10.2. The second-order valence-electron chi connectivity index (χ2n) is 3.33. The summed E-state index contributed by atoms with van der Waals surface area (Å²) in [7, 11) is 0. The molecule has 1 unspecified atom stereocenters. The molecular weight excluding hydrogens is 262 g/mol. The van der Waals surface area contributed by atoms with Crippen molar-refractivity contribution in [3.8, 4) is 0 Å². The smallest absolute Gasteiger partial charge is 0.144 e. The van der Waals surface area contributed by atoms with Crippen LogP contribution in [0.3, 0.4) is 0 Å². The van der Waals surface area contributed by atoms with E-state index in [0.717, 1.165) is 22.9 Å². The van der Waals surface area contributed by atoms with Gasteiger partial charge in [-0.05, 0) is 39.8 Å². The fourth-order valence-corrected chi connectivity index (χ4v) is 2.89. The number of anilines is 1. The molecule has 1 fully saturated rings. The molecule has 0 saturated carbocycles. The molecular formula is C9H12BrN3S. The number of nitrogens with one attached hydrogen (secondary N) is 1. The highest BCUT2D eigenvalue weighted by Crippen LogP contribution is 2.23. The van der Waals surface area contributed by atoms with Gasteiger partial charge in [0.25, 0.3) is 0 Å². The van der Waals surface area contributed by atoms with Gasteiger partial charge in [-0.25, -0.2) is 9.97 Å². The average Bonchev–Trinajstić information content (AvgIpc) is 2.70. The van der Waals surface area contributed by atoms with E-state index in [0.29, 0.717) is 0 Å². The molecule has 3 nitrogen and oxygen atoms in total. The summed E-state index contributed by atoms with van der Waals surface area (Å²) < 4.78 is 0.777. The number of rotatable bonds is 3. The molecule has 1 N–H and O–H groups in total. The van der Waals surface area contributed by atoms with Crippen molar-refractivity contribution >= 4 is 33.5 Å². The van der Waals surface area contributed by atoms with Crippen LogP contribution in [0.2, 0.25) is 0 Å². The molecule has 1 saturated heterocycles. The topological polar surface area (TPSA) is 37.8 Å². The van der Waals surface area contributed by atoms with Crippen LogP contribution in [0, 0.1) is 5.92 Å². The number of hydrogen-bond donors (Lipinski definition) is 1. The highest BCUT2D eigenvalue weighted by molar-refractivity contribution is 9.10. The molecule has 0 radical (unpaired) electrons. The largest absolute Gasteiger partial charge is 0.368 e. The molecule has 0 amide bonds. The van der Waals surface area contributed by atoms with Gasteiger partial charge in [0.15, 0.2) is 0 Å². The molecule has 1 aromatic heterocycles. The summed E-state index contributed by atoms with van der Waals surface area (Å²) in [6, 6.07) is 0. The van der Waals surface area contributed by atoms with E-state index in [1.807, 2.05) is 11.8 Å². The van der Waals surface area contributed by atoms with Crippen molar-refractivity contribution in [1.82, 2.24) is 9.97 Å². The first-order chi connectivity index (χ1) is 6.84. The van der Waals surface area contributed by atoms with Gasteiger partial charge in [-0.15, -0.1) is 0 Å². The highest BCUT2D eigenvalue weighted by Gasteiger charge is 2.14. The summed E-state index contributed by atoms with van der Waals surface area (Å²) in [4.78, 5) is 8.32. The number of nitrogens with zero attached hydrogens (tertiary/aromatic N) is 2. The molecule has 1 aromatic rings. The van der Waals surface area contributed by atoms with Crippen LogP contribution < -0.4 is 5.32 Å². The molecule has 76 valence electrons. The Morgan fingerprint density at radius 2 is 2.43 bits per heavy atom. The van der Waals surface area contributed by atoms with Crippen LogP contribution in [0.15, 0.2) is 17.0 Å². The maximum atomic E-state index is 4.21. The quantitative estimate of drug-likeness (QED) is 0.918. The number of halogens is 1. The van der Waals surface area contributed by atoms with Crippen LogP contribution in [0.25, 0.3) is 0 Å². The molecule has 1 aliphatic heterocycles. The third-order valence-electron chi connectivity index (χ3n) is 2.22. The molecule has 2 rings (SSSR count). The van der Waals surface area contributed by atoms with E-state index in [2.05, 4.69) is 31.2 Å². The summed E-state index contributed by atoms with van der Waals surface area (Å²) in [6.07, 6.45) is 4.79. The van der Waals surface area contributed by atoms with Crippen LogP contribution in [0.5, 0.6) is 0 Å². The van der Waals surface area contributed by atoms with Crippen molar-refractivity contribution < 1.29 is 0 Å². The van der Waals surface area contributed by atoms with Crippen LogP contribution in [-0.4, -0.2) is 28.0 Å². The SMILES string of the molecule is Brc1cnc(NCC2CCSC2)cn1. The van der Waals surface area contributed by atoms with Gasteiger partial charge in [0.1, 0.15) is 10.4 Å². The predicted molar refractivity (Wildman–Crippen MR) is 63.7 cm³/mol. The molecule has 0 bridgehead atoms. The Bertz CT molecular complexity index is 285. The molecule has 0 aromatic carbocycles. The van der Waals surface area contributed by atoms with E-state index in [4.69, 9.17) is 0 Å². The Labute approximate surface area is 96.2 Å². The monoisotopic (exact) mass is 273 g/mol. The van der Waals surface area contributed by atoms with E-state index in [1.165, 1.54) is 17.9 Å². The maximum absolute atomic E-state index is 4.21. The van der Waals surface area contributed by atoms with Crippen molar-refractivity contribution in [2.75, 3.05) is 23.4 Å². The summed E-state index contributed by atoms with van der Waals surface area (Å²) in [5, 5.41) is 3.31. The van der Waals surface area contributed by atoms with E-state index < -0.39 is 0 Å². The summed E-state index contributed by atoms with van der Waals surface area (Å²) in [5.74, 6) is 4.24. The molecule has 14 heavy (non-hydrogen) atoms. The van der Waals surface area contributed by atoms with Gasteiger partial charge in [0.05, 0.1) is 12.4 Å². The van der Waals surface area contributed by atoms with Crippen molar-refractivity contribution in [1.29, 1.82) is 0 Å². The van der Waals surface area contributed by atoms with Gasteiger partial charge >= 0.3 is 0 Å². The van der Waals surface area contributed by atoms with E-state index >= 15 is 0 Å². The summed E-state index contributed by atoms with van der Waals surface area (Å²) in [6.45, 7) is 1.02. The van der Waals surface area contributed by atoms with Crippen molar-refractivity contribution in [2.24, 2.45) is 5.92 Å². The van der Waals surface area contributed by atoms with E-state index in [1.54, 1.807) is 12.4 Å². The lowest BCUT2D eigenvalue weighted by Gasteiger charge is -2.09. The minimum Gasteiger partial charge on any atom is -0.368 e. The second-order valence-corrected chi connectivity index (χ2v) is 5.30. The van der Waals surface area contributed by atoms with E-state index in [-0.39, 0.29) is 0 Å². The zero-order valence-electron chi connectivity index (χ0n) is 7.74.